The number of nitrogens with one attached hydrogen (secondary N) is 2. The van der Waals surface area contributed by atoms with Crippen molar-refractivity contribution in [1.29, 1.82) is 0 Å². The van der Waals surface area contributed by atoms with Gasteiger partial charge in [-0.1, -0.05) is 35.9 Å². The van der Waals surface area contributed by atoms with Gasteiger partial charge in [-0.3, -0.25) is 4.99 Å². The molecule has 4 rings (SSSR count). The molecular formula is C22H24N4S. The number of benzene rings is 2. The van der Waals surface area contributed by atoms with E-state index in [0.717, 1.165) is 41.9 Å². The summed E-state index contributed by atoms with van der Waals surface area (Å²) >= 11 is 1.73. The van der Waals surface area contributed by atoms with Crippen molar-refractivity contribution in [1.82, 2.24) is 10.3 Å². The molecule has 0 fully saturated rings. The molecule has 1 aromatic heterocycles. The van der Waals surface area contributed by atoms with Crippen molar-refractivity contribution in [3.8, 4) is 11.3 Å². The predicted octanol–water partition coefficient (Wildman–Crippen LogP) is 4.70. The molecule has 0 radical (unpaired) electrons. The van der Waals surface area contributed by atoms with Gasteiger partial charge < -0.3 is 10.6 Å². The first-order valence-electron chi connectivity index (χ1n) is 9.25. The van der Waals surface area contributed by atoms with Crippen molar-refractivity contribution in [3.05, 3.63) is 69.0 Å². The second kappa shape index (κ2) is 7.53. The molecular weight excluding hydrogens is 352 g/mol. The smallest absolute Gasteiger partial charge is 0.195 e. The van der Waals surface area contributed by atoms with Crippen molar-refractivity contribution >= 4 is 23.0 Å². The highest BCUT2D eigenvalue weighted by Crippen LogP contribution is 2.27. The molecule has 0 atom stereocenters. The second-order valence-corrected chi connectivity index (χ2v) is 7.99. The minimum atomic E-state index is 0.839. The average Bonchev–Trinajstić information content (AvgIpc) is 3.32. The molecule has 27 heavy (non-hydrogen) atoms. The van der Waals surface area contributed by atoms with Crippen LogP contribution < -0.4 is 10.6 Å². The molecule has 1 aliphatic heterocycles. The summed E-state index contributed by atoms with van der Waals surface area (Å²) in [7, 11) is 0. The van der Waals surface area contributed by atoms with Gasteiger partial charge in [0.25, 0.3) is 0 Å². The molecule has 0 saturated carbocycles. The Hall–Kier alpha value is -2.66. The third kappa shape index (κ3) is 4.03. The van der Waals surface area contributed by atoms with E-state index in [1.54, 1.807) is 11.3 Å². The number of hydrogen-bond acceptors (Lipinski definition) is 5. The van der Waals surface area contributed by atoms with E-state index in [1.807, 2.05) is 0 Å². The average molecular weight is 377 g/mol. The van der Waals surface area contributed by atoms with Crippen LogP contribution >= 0.6 is 11.3 Å². The summed E-state index contributed by atoms with van der Waals surface area (Å²) in [5, 5.41) is 9.96. The summed E-state index contributed by atoms with van der Waals surface area (Å²) in [6.45, 7) is 8.16. The summed E-state index contributed by atoms with van der Waals surface area (Å²) in [5.74, 6) is 0.868. The van der Waals surface area contributed by atoms with Crippen molar-refractivity contribution in [2.45, 2.75) is 27.2 Å². The van der Waals surface area contributed by atoms with Crippen LogP contribution in [0.4, 0.5) is 5.69 Å². The largest absolute Gasteiger partial charge is 0.354 e. The fourth-order valence-corrected chi connectivity index (χ4v) is 4.05. The summed E-state index contributed by atoms with van der Waals surface area (Å²) in [5.41, 5.74) is 8.45. The molecule has 0 amide bonds. The molecule has 0 unspecified atom stereocenters. The molecule has 1 aliphatic rings. The lowest BCUT2D eigenvalue weighted by Gasteiger charge is -2.13. The first kappa shape index (κ1) is 17.7. The highest BCUT2D eigenvalue weighted by atomic mass is 32.1. The predicted molar refractivity (Wildman–Crippen MR) is 115 cm³/mol. The van der Waals surface area contributed by atoms with Gasteiger partial charge in [0.15, 0.2) is 5.96 Å². The zero-order chi connectivity index (χ0) is 18.8. The Kier molecular flexibility index (Phi) is 4.94. The maximum atomic E-state index is 4.86. The molecule has 2 aromatic carbocycles. The van der Waals surface area contributed by atoms with Crippen LogP contribution in [-0.2, 0) is 6.42 Å². The van der Waals surface area contributed by atoms with E-state index in [-0.39, 0.29) is 0 Å². The molecule has 0 spiro atoms. The van der Waals surface area contributed by atoms with Crippen molar-refractivity contribution in [3.63, 3.8) is 0 Å². The molecule has 4 nitrogen and oxygen atoms in total. The van der Waals surface area contributed by atoms with Crippen LogP contribution in [0.1, 0.15) is 27.3 Å². The first-order valence-corrected chi connectivity index (χ1v) is 10.1. The highest BCUT2D eigenvalue weighted by molar-refractivity contribution is 7.10. The fraction of sp³-hybridized carbons (Fsp3) is 0.273. The number of guanidine groups is 1. The van der Waals surface area contributed by atoms with E-state index in [1.165, 1.54) is 27.8 Å². The third-order valence-electron chi connectivity index (χ3n) is 4.85. The minimum absolute atomic E-state index is 0.839. The van der Waals surface area contributed by atoms with Gasteiger partial charge in [-0.15, -0.1) is 11.3 Å². The monoisotopic (exact) mass is 376 g/mol. The fourth-order valence-electron chi connectivity index (χ4n) is 3.22. The Morgan fingerprint density at radius 1 is 1.07 bits per heavy atom. The number of aromatic nitrogens is 1. The lowest BCUT2D eigenvalue weighted by Crippen LogP contribution is -2.26. The van der Waals surface area contributed by atoms with Gasteiger partial charge in [0, 0.05) is 29.6 Å². The molecule has 138 valence electrons. The van der Waals surface area contributed by atoms with Crippen LogP contribution in [-0.4, -0.2) is 24.0 Å². The number of aryl methyl sites for hydroxylation is 3. The zero-order valence-electron chi connectivity index (χ0n) is 16.0. The molecule has 3 aromatic rings. The quantitative estimate of drug-likeness (QED) is 0.694. The van der Waals surface area contributed by atoms with Crippen LogP contribution in [0.2, 0.25) is 0 Å². The van der Waals surface area contributed by atoms with Crippen molar-refractivity contribution in [2.75, 3.05) is 18.4 Å². The molecule has 2 heterocycles. The second-order valence-electron chi connectivity index (χ2n) is 7.05. The van der Waals surface area contributed by atoms with Crippen LogP contribution in [0.5, 0.6) is 0 Å². The highest BCUT2D eigenvalue weighted by Gasteiger charge is 2.11. The Labute approximate surface area is 164 Å². The van der Waals surface area contributed by atoms with E-state index in [9.17, 15) is 0 Å². The number of nitrogens with zero attached hydrogens (tertiary/aromatic N) is 2. The van der Waals surface area contributed by atoms with Gasteiger partial charge >= 0.3 is 0 Å². The molecule has 5 heteroatoms. The van der Waals surface area contributed by atoms with Gasteiger partial charge in [-0.25, -0.2) is 4.98 Å². The summed E-state index contributed by atoms with van der Waals surface area (Å²) in [6.07, 6.45) is 0.864. The van der Waals surface area contributed by atoms with E-state index in [4.69, 9.17) is 4.98 Å². The molecule has 0 bridgehead atoms. The maximum absolute atomic E-state index is 4.86. The van der Waals surface area contributed by atoms with E-state index < -0.39 is 0 Å². The Balaban J connectivity index is 1.52. The molecule has 0 aliphatic carbocycles. The Morgan fingerprint density at radius 2 is 1.89 bits per heavy atom. The van der Waals surface area contributed by atoms with Crippen molar-refractivity contribution < 1.29 is 0 Å². The van der Waals surface area contributed by atoms with Crippen LogP contribution in [0.15, 0.2) is 46.8 Å². The van der Waals surface area contributed by atoms with Gasteiger partial charge in [0.2, 0.25) is 0 Å². The number of thiazole rings is 1. The number of anilines is 1. The summed E-state index contributed by atoms with van der Waals surface area (Å²) in [6, 6.07) is 13.0. The standard InChI is InChI=1S/C22H24N4S/c1-14-4-6-17(7-5-14)20-13-27-21(25-20)12-18-10-16(3)19(11-15(18)2)26-22-23-8-9-24-22/h4-7,10-11,13H,8-9,12H2,1-3H3,(H2,23,24,26). The molecule has 0 saturated heterocycles. The molecule has 2 N–H and O–H groups in total. The van der Waals surface area contributed by atoms with E-state index in [2.05, 4.69) is 78.2 Å². The van der Waals surface area contributed by atoms with Gasteiger partial charge in [-0.05, 0) is 43.5 Å². The van der Waals surface area contributed by atoms with Gasteiger partial charge in [0.1, 0.15) is 0 Å². The lowest BCUT2D eigenvalue weighted by molar-refractivity contribution is 0.959. The topological polar surface area (TPSA) is 49.3 Å². The van der Waals surface area contributed by atoms with Crippen molar-refractivity contribution in [2.24, 2.45) is 4.99 Å². The summed E-state index contributed by atoms with van der Waals surface area (Å²) in [4.78, 5) is 9.27. The maximum Gasteiger partial charge on any atom is 0.195 e. The normalized spacial score (nSPS) is 13.4. The first-order chi connectivity index (χ1) is 13.1. The van der Waals surface area contributed by atoms with Gasteiger partial charge in [-0.2, -0.15) is 0 Å². The van der Waals surface area contributed by atoms with Crippen LogP contribution in [0.25, 0.3) is 11.3 Å². The third-order valence-corrected chi connectivity index (χ3v) is 5.70. The zero-order valence-corrected chi connectivity index (χ0v) is 16.8. The number of rotatable bonds is 4. The number of hydrogen-bond donors (Lipinski definition) is 2. The Bertz CT molecular complexity index is 986. The van der Waals surface area contributed by atoms with Gasteiger partial charge in [0.05, 0.1) is 17.2 Å². The minimum Gasteiger partial charge on any atom is -0.354 e. The van der Waals surface area contributed by atoms with E-state index >= 15 is 0 Å². The lowest BCUT2D eigenvalue weighted by atomic mass is 10.0. The number of aliphatic imine (C=N–C) groups is 1. The van der Waals surface area contributed by atoms with Crippen LogP contribution in [0, 0.1) is 20.8 Å². The SMILES string of the molecule is Cc1ccc(-c2csc(Cc3cc(C)c(NC4=NCCN4)cc3C)n2)cc1. The summed E-state index contributed by atoms with van der Waals surface area (Å²) < 4.78 is 0. The van der Waals surface area contributed by atoms with Crippen LogP contribution in [0.3, 0.4) is 0 Å². The van der Waals surface area contributed by atoms with E-state index in [0.29, 0.717) is 0 Å². The Morgan fingerprint density at radius 3 is 2.63 bits per heavy atom.